The van der Waals surface area contributed by atoms with Crippen LogP contribution < -0.4 is 9.80 Å². The minimum atomic E-state index is -0.884. The van der Waals surface area contributed by atoms with E-state index >= 15 is 0 Å². The number of carbonyl (C=O) groups is 3. The number of Topliss-reactive ketones (excluding diaryl/α,β-unsaturated/α-hetero) is 1. The van der Waals surface area contributed by atoms with E-state index in [-0.39, 0.29) is 27.8 Å². The van der Waals surface area contributed by atoms with E-state index in [4.69, 9.17) is 4.74 Å². The van der Waals surface area contributed by atoms with Crippen molar-refractivity contribution < 1.29 is 24.2 Å². The maximum absolute atomic E-state index is 12.4. The molecule has 2 rings (SSSR count). The van der Waals surface area contributed by atoms with Crippen LogP contribution in [0.3, 0.4) is 0 Å². The molecule has 178 valence electrons. The third-order valence-corrected chi connectivity index (χ3v) is 8.48. The number of likely N-dealkylation sites (tertiary alicyclic amines) is 1. The van der Waals surface area contributed by atoms with Gasteiger partial charge in [-0.3, -0.25) is 0 Å². The van der Waals surface area contributed by atoms with E-state index in [9.17, 15) is 19.5 Å². The molecule has 1 saturated heterocycles. The van der Waals surface area contributed by atoms with Crippen LogP contribution >= 0.6 is 0 Å². The number of carbonyl (C=O) groups excluding carboxylic acids is 2. The number of nitrogens with zero attached hydrogens (tertiary/aromatic N) is 2. The summed E-state index contributed by atoms with van der Waals surface area (Å²) in [7, 11) is 0. The van der Waals surface area contributed by atoms with Crippen molar-refractivity contribution in [3.05, 3.63) is 17.7 Å². The van der Waals surface area contributed by atoms with Crippen molar-refractivity contribution in [2.45, 2.75) is 84.1 Å². The number of amides is 2. The second-order valence-corrected chi connectivity index (χ2v) is 13.4. The Labute approximate surface area is 197 Å². The summed E-state index contributed by atoms with van der Waals surface area (Å²) in [5.74, 6) is 0.1000. The van der Waals surface area contributed by atoms with Crippen molar-refractivity contribution >= 4 is 44.0 Å². The Morgan fingerprint density at radius 2 is 1.88 bits per heavy atom. The van der Waals surface area contributed by atoms with E-state index < -0.39 is 33.5 Å². The van der Waals surface area contributed by atoms with Gasteiger partial charge in [0.1, 0.15) is 0 Å². The summed E-state index contributed by atoms with van der Waals surface area (Å²) in [5.41, 5.74) is -0.521. The Balaban J connectivity index is 2.35. The van der Waals surface area contributed by atoms with E-state index in [1.54, 1.807) is 38.7 Å². The summed E-state index contributed by atoms with van der Waals surface area (Å²) in [4.78, 5) is 42.9. The zero-order valence-corrected chi connectivity index (χ0v) is 22.2. The minimum absolute atomic E-state index is 0.102. The van der Waals surface area contributed by atoms with Gasteiger partial charge in [0.15, 0.2) is 0 Å². The van der Waals surface area contributed by atoms with Crippen molar-refractivity contribution in [2.24, 2.45) is 5.41 Å². The first-order valence-electron chi connectivity index (χ1n) is 11.0. The van der Waals surface area contributed by atoms with Crippen molar-refractivity contribution in [2.75, 3.05) is 11.9 Å². The summed E-state index contributed by atoms with van der Waals surface area (Å²) in [6, 6.07) is 3.46. The number of anilines is 1. The van der Waals surface area contributed by atoms with Crippen molar-refractivity contribution in [3.8, 4) is 0 Å². The van der Waals surface area contributed by atoms with Gasteiger partial charge in [-0.25, -0.2) is 0 Å². The van der Waals surface area contributed by atoms with Crippen LogP contribution in [0.15, 0.2) is 12.1 Å². The summed E-state index contributed by atoms with van der Waals surface area (Å²) in [5, 5.41) is 12.4. The molecule has 2 N–H and O–H groups in total. The Morgan fingerprint density at radius 3 is 2.41 bits per heavy atom. The normalized spacial score (nSPS) is 19.8. The molecule has 32 heavy (non-hydrogen) atoms. The molecule has 0 aromatic carbocycles. The second-order valence-electron chi connectivity index (χ2n) is 10.2. The average molecular weight is 509 g/mol. The molecule has 2 amide bonds. The van der Waals surface area contributed by atoms with E-state index in [1.807, 2.05) is 6.07 Å². The molecule has 9 heteroatoms. The predicted molar refractivity (Wildman–Crippen MR) is 126 cm³/mol. The summed E-state index contributed by atoms with van der Waals surface area (Å²) >= 11 is -0.848. The van der Waals surface area contributed by atoms with Gasteiger partial charge in [-0.2, -0.15) is 0 Å². The monoisotopic (exact) mass is 509 g/mol. The molecule has 1 fully saturated rings. The molecule has 1 aromatic rings. The summed E-state index contributed by atoms with van der Waals surface area (Å²) < 4.78 is 6.37. The number of rotatable bonds is 5. The van der Waals surface area contributed by atoms with Crippen LogP contribution in [0.2, 0.25) is 4.71 Å². The molecule has 1 aliphatic heterocycles. The van der Waals surface area contributed by atoms with Gasteiger partial charge >= 0.3 is 197 Å². The molecule has 0 spiro atoms. The number of ether oxygens (including phenoxy) is 1. The molecule has 8 nitrogen and oxygen atoms in total. The van der Waals surface area contributed by atoms with Crippen LogP contribution in [0, 0.1) is 5.41 Å². The molecule has 1 aliphatic rings. The zero-order valence-electron chi connectivity index (χ0n) is 20.1. The topological polar surface area (TPSA) is 109 Å². The number of hydrogen-bond donors (Lipinski definition) is 2. The van der Waals surface area contributed by atoms with Gasteiger partial charge in [0, 0.05) is 0 Å². The second kappa shape index (κ2) is 10.2. The number of hydrogen-bond acceptors (Lipinski definition) is 5. The third-order valence-electron chi connectivity index (χ3n) is 5.23. The quantitative estimate of drug-likeness (QED) is 0.458. The molecular formula is C23H36AsN3O5. The van der Waals surface area contributed by atoms with Gasteiger partial charge in [-0.1, -0.05) is 0 Å². The van der Waals surface area contributed by atoms with Crippen molar-refractivity contribution in [1.29, 1.82) is 0 Å². The average Bonchev–Trinajstić information content (AvgIpc) is 2.65. The number of nitrogens with one attached hydrogen (secondary N) is 1. The van der Waals surface area contributed by atoms with Crippen LogP contribution in [0.5, 0.6) is 0 Å². The molecule has 3 unspecified atom stereocenters. The fraction of sp³-hybridized carbons (Fsp3) is 0.652. The molecule has 3 atom stereocenters. The molecule has 0 bridgehead atoms. The van der Waals surface area contributed by atoms with Crippen molar-refractivity contribution in [3.63, 3.8) is 0 Å². The molecule has 0 saturated carbocycles. The van der Waals surface area contributed by atoms with E-state index in [2.05, 4.69) is 31.1 Å². The molecule has 2 heterocycles. The Hall–Kier alpha value is -2.08. The van der Waals surface area contributed by atoms with E-state index in [1.165, 1.54) is 0 Å². The van der Waals surface area contributed by atoms with Crippen LogP contribution in [0.25, 0.3) is 0 Å². The van der Waals surface area contributed by atoms with E-state index in [0.717, 1.165) is 17.3 Å². The number of piperidine rings is 1. The van der Waals surface area contributed by atoms with Gasteiger partial charge in [-0.15, -0.1) is 0 Å². The zero-order chi connectivity index (χ0) is 24.3. The molecular weight excluding hydrogens is 473 g/mol. The van der Waals surface area contributed by atoms with Gasteiger partial charge in [0.05, 0.1) is 0 Å². The van der Waals surface area contributed by atoms with Gasteiger partial charge in [0.25, 0.3) is 0 Å². The molecule has 1 aromatic heterocycles. The summed E-state index contributed by atoms with van der Waals surface area (Å²) in [6.45, 7) is 13.8. The summed E-state index contributed by atoms with van der Waals surface area (Å²) in [6.07, 6.45) is 0.517. The fourth-order valence-electron chi connectivity index (χ4n) is 4.07. The number of carboxylic acid groups (broad SMARTS) is 1. The number of aromatic nitrogens is 1. The van der Waals surface area contributed by atoms with Gasteiger partial charge in [0.2, 0.25) is 0 Å². The first-order chi connectivity index (χ1) is 14.7. The SMILES string of the molecule is CCC(=O)c1ccc([AsH]C2CCCN(C(=O)O)C2C(C)(C)C)nc1NC(=O)OC(C)(C)C. The Morgan fingerprint density at radius 1 is 1.22 bits per heavy atom. The molecule has 0 aliphatic carbocycles. The third kappa shape index (κ3) is 6.96. The van der Waals surface area contributed by atoms with Gasteiger partial charge in [-0.05, 0) is 0 Å². The van der Waals surface area contributed by atoms with Crippen molar-refractivity contribution in [1.82, 2.24) is 9.88 Å². The Bertz CT molecular complexity index is 860. The van der Waals surface area contributed by atoms with Gasteiger partial charge < -0.3 is 0 Å². The first-order valence-corrected chi connectivity index (χ1v) is 13.3. The number of ketones is 1. The fourth-order valence-corrected chi connectivity index (χ4v) is 8.11. The van der Waals surface area contributed by atoms with Crippen LogP contribution in [0.1, 0.15) is 78.1 Å². The predicted octanol–water partition coefficient (Wildman–Crippen LogP) is 4.06. The van der Waals surface area contributed by atoms with E-state index in [0.29, 0.717) is 18.5 Å². The standard InChI is InChI=1S/C23H36AsN3O5/c1-8-16(28)14-11-12-17(25-19(14)26-20(29)32-23(5,6)7)24-15-10-9-13-27(21(30)31)18(15)22(2,3)4/h11-12,15,18,24H,8-10,13H2,1-7H3,(H,30,31)(H,25,26,29). The van der Waals surface area contributed by atoms with Crippen LogP contribution in [-0.4, -0.2) is 66.9 Å². The van der Waals surface area contributed by atoms with Crippen LogP contribution in [0.4, 0.5) is 15.4 Å². The molecule has 0 radical (unpaired) electrons. The first kappa shape index (κ1) is 26.2. The Kier molecular flexibility index (Phi) is 8.37. The number of pyridine rings is 1. The maximum atomic E-state index is 12.4. The van der Waals surface area contributed by atoms with Crippen LogP contribution in [-0.2, 0) is 4.74 Å².